The molecule has 0 heterocycles. The molecule has 0 radical (unpaired) electrons. The lowest BCUT2D eigenvalue weighted by Crippen LogP contribution is -2.16. The van der Waals surface area contributed by atoms with E-state index in [9.17, 15) is 9.59 Å². The van der Waals surface area contributed by atoms with Gasteiger partial charge in [-0.2, -0.15) is 0 Å². The highest BCUT2D eigenvalue weighted by Gasteiger charge is 2.10. The highest BCUT2D eigenvalue weighted by Crippen LogP contribution is 2.13. The van der Waals surface area contributed by atoms with Gasteiger partial charge in [0.25, 0.3) is 0 Å². The normalized spacial score (nSPS) is 12.5. The first-order valence-corrected chi connectivity index (χ1v) is 9.88. The highest BCUT2D eigenvalue weighted by atomic mass is 16.5. The standard InChI is InChI=1S/C21H38O3/c1-4-5-17-21(24-20(3)23)18-15-13-11-9-7-6-8-10-12-14-16-19(2)22/h9,11,21H,4-8,10,12-18H2,1-3H3/b11-9+. The van der Waals surface area contributed by atoms with E-state index < -0.39 is 0 Å². The van der Waals surface area contributed by atoms with Crippen molar-refractivity contribution >= 4 is 11.8 Å². The number of esters is 1. The maximum atomic E-state index is 11.1. The van der Waals surface area contributed by atoms with E-state index in [-0.39, 0.29) is 12.1 Å². The Kier molecular flexibility index (Phi) is 15.9. The number of unbranched alkanes of at least 4 members (excludes halogenated alkanes) is 7. The minimum Gasteiger partial charge on any atom is -0.463 e. The summed E-state index contributed by atoms with van der Waals surface area (Å²) in [5.74, 6) is 0.151. The zero-order chi connectivity index (χ0) is 18.0. The second-order valence-electron chi connectivity index (χ2n) is 6.78. The Balaban J connectivity index is 3.52. The van der Waals surface area contributed by atoms with Gasteiger partial charge in [0.1, 0.15) is 11.9 Å². The predicted molar refractivity (Wildman–Crippen MR) is 101 cm³/mol. The van der Waals surface area contributed by atoms with Crippen LogP contribution in [0.3, 0.4) is 0 Å². The van der Waals surface area contributed by atoms with Crippen molar-refractivity contribution in [1.82, 2.24) is 0 Å². The fourth-order valence-electron chi connectivity index (χ4n) is 2.79. The van der Waals surface area contributed by atoms with Crippen LogP contribution in [0.25, 0.3) is 0 Å². The van der Waals surface area contributed by atoms with Crippen LogP contribution in [0.1, 0.15) is 104 Å². The molecule has 0 saturated carbocycles. The van der Waals surface area contributed by atoms with Gasteiger partial charge in [0.2, 0.25) is 0 Å². The van der Waals surface area contributed by atoms with E-state index in [1.54, 1.807) is 6.92 Å². The Bertz CT molecular complexity index is 347. The van der Waals surface area contributed by atoms with Crippen LogP contribution in [-0.4, -0.2) is 17.9 Å². The summed E-state index contributed by atoms with van der Waals surface area (Å²) in [5, 5.41) is 0. The van der Waals surface area contributed by atoms with Crippen LogP contribution in [0, 0.1) is 0 Å². The van der Waals surface area contributed by atoms with Gasteiger partial charge in [-0.05, 0) is 51.9 Å². The number of hydrogen-bond acceptors (Lipinski definition) is 3. The van der Waals surface area contributed by atoms with Crippen LogP contribution in [0.4, 0.5) is 0 Å². The SMILES string of the molecule is CCCCC(CCC/C=C/CCCCCCCC(C)=O)OC(C)=O. The summed E-state index contributed by atoms with van der Waals surface area (Å²) in [6.07, 6.45) is 18.9. The molecular formula is C21H38O3. The third-order valence-corrected chi connectivity index (χ3v) is 4.18. The topological polar surface area (TPSA) is 43.4 Å². The van der Waals surface area contributed by atoms with Gasteiger partial charge in [-0.1, -0.05) is 51.2 Å². The molecule has 0 saturated heterocycles. The molecule has 0 aliphatic rings. The molecule has 0 aromatic carbocycles. The summed E-state index contributed by atoms with van der Waals surface area (Å²) < 4.78 is 5.37. The number of allylic oxidation sites excluding steroid dienone is 2. The second-order valence-corrected chi connectivity index (χ2v) is 6.78. The Morgan fingerprint density at radius 2 is 1.42 bits per heavy atom. The first-order chi connectivity index (χ1) is 11.6. The van der Waals surface area contributed by atoms with Gasteiger partial charge in [-0.3, -0.25) is 4.79 Å². The summed E-state index contributed by atoms with van der Waals surface area (Å²) in [7, 11) is 0. The van der Waals surface area contributed by atoms with Gasteiger partial charge in [-0.15, -0.1) is 0 Å². The molecule has 0 fully saturated rings. The van der Waals surface area contributed by atoms with E-state index in [0.29, 0.717) is 5.78 Å². The number of ether oxygens (including phenoxy) is 1. The van der Waals surface area contributed by atoms with Gasteiger partial charge in [0.05, 0.1) is 0 Å². The largest absolute Gasteiger partial charge is 0.463 e. The van der Waals surface area contributed by atoms with Crippen LogP contribution in [0.5, 0.6) is 0 Å². The van der Waals surface area contributed by atoms with Gasteiger partial charge in [0, 0.05) is 13.3 Å². The average Bonchev–Trinajstić information content (AvgIpc) is 2.52. The number of Topliss-reactive ketones (excluding diaryl/α,β-unsaturated/α-hetero) is 1. The Hall–Kier alpha value is -1.12. The number of hydrogen-bond donors (Lipinski definition) is 0. The van der Waals surface area contributed by atoms with Crippen molar-refractivity contribution in [1.29, 1.82) is 0 Å². The fourth-order valence-corrected chi connectivity index (χ4v) is 2.79. The monoisotopic (exact) mass is 338 g/mol. The molecule has 0 spiro atoms. The van der Waals surface area contributed by atoms with Crippen molar-refractivity contribution in [3.8, 4) is 0 Å². The molecule has 0 rings (SSSR count). The van der Waals surface area contributed by atoms with Gasteiger partial charge in [-0.25, -0.2) is 0 Å². The fraction of sp³-hybridized carbons (Fsp3) is 0.810. The molecule has 24 heavy (non-hydrogen) atoms. The number of carbonyl (C=O) groups is 2. The third kappa shape index (κ3) is 17.2. The highest BCUT2D eigenvalue weighted by molar-refractivity contribution is 5.75. The average molecular weight is 339 g/mol. The summed E-state index contributed by atoms with van der Waals surface area (Å²) in [6, 6.07) is 0. The molecular weight excluding hydrogens is 300 g/mol. The molecule has 3 heteroatoms. The molecule has 0 amide bonds. The van der Waals surface area contributed by atoms with Crippen molar-refractivity contribution in [2.75, 3.05) is 0 Å². The van der Waals surface area contributed by atoms with E-state index >= 15 is 0 Å². The summed E-state index contributed by atoms with van der Waals surface area (Å²) >= 11 is 0. The van der Waals surface area contributed by atoms with Crippen LogP contribution in [0.2, 0.25) is 0 Å². The van der Waals surface area contributed by atoms with Crippen LogP contribution < -0.4 is 0 Å². The summed E-state index contributed by atoms with van der Waals surface area (Å²) in [6.45, 7) is 5.33. The minimum absolute atomic E-state index is 0.103. The van der Waals surface area contributed by atoms with Crippen LogP contribution in [0.15, 0.2) is 12.2 Å². The zero-order valence-electron chi connectivity index (χ0n) is 16.1. The van der Waals surface area contributed by atoms with Crippen LogP contribution in [-0.2, 0) is 14.3 Å². The molecule has 1 atom stereocenters. The number of rotatable bonds is 16. The lowest BCUT2D eigenvalue weighted by atomic mass is 10.1. The molecule has 0 aliphatic heterocycles. The van der Waals surface area contributed by atoms with E-state index in [1.165, 1.54) is 32.6 Å². The minimum atomic E-state index is -0.157. The summed E-state index contributed by atoms with van der Waals surface area (Å²) in [4.78, 5) is 21.9. The Morgan fingerprint density at radius 3 is 2.04 bits per heavy atom. The van der Waals surface area contributed by atoms with Crippen molar-refractivity contribution in [2.45, 2.75) is 110 Å². The van der Waals surface area contributed by atoms with Crippen molar-refractivity contribution in [3.63, 3.8) is 0 Å². The van der Waals surface area contributed by atoms with Gasteiger partial charge >= 0.3 is 5.97 Å². The molecule has 140 valence electrons. The molecule has 0 aliphatic carbocycles. The van der Waals surface area contributed by atoms with E-state index in [0.717, 1.165) is 57.8 Å². The molecule has 0 aromatic heterocycles. The Morgan fingerprint density at radius 1 is 0.833 bits per heavy atom. The van der Waals surface area contributed by atoms with Crippen LogP contribution >= 0.6 is 0 Å². The lowest BCUT2D eigenvalue weighted by Gasteiger charge is -2.16. The van der Waals surface area contributed by atoms with Gasteiger partial charge < -0.3 is 9.53 Å². The summed E-state index contributed by atoms with van der Waals surface area (Å²) in [5.41, 5.74) is 0. The van der Waals surface area contributed by atoms with Crippen molar-refractivity contribution in [3.05, 3.63) is 12.2 Å². The zero-order valence-corrected chi connectivity index (χ0v) is 16.1. The maximum absolute atomic E-state index is 11.1. The smallest absolute Gasteiger partial charge is 0.302 e. The van der Waals surface area contributed by atoms with E-state index in [2.05, 4.69) is 19.1 Å². The first-order valence-electron chi connectivity index (χ1n) is 9.88. The Labute approximate surface area is 149 Å². The first kappa shape index (κ1) is 22.9. The molecule has 0 bridgehead atoms. The van der Waals surface area contributed by atoms with Crippen molar-refractivity contribution < 1.29 is 14.3 Å². The lowest BCUT2D eigenvalue weighted by molar-refractivity contribution is -0.147. The van der Waals surface area contributed by atoms with Gasteiger partial charge in [0.15, 0.2) is 0 Å². The second kappa shape index (κ2) is 16.7. The predicted octanol–water partition coefficient (Wildman–Crippen LogP) is 6.15. The third-order valence-electron chi connectivity index (χ3n) is 4.18. The molecule has 0 N–H and O–H groups in total. The molecule has 1 unspecified atom stereocenters. The van der Waals surface area contributed by atoms with Crippen molar-refractivity contribution in [2.24, 2.45) is 0 Å². The maximum Gasteiger partial charge on any atom is 0.302 e. The van der Waals surface area contributed by atoms with E-state index in [4.69, 9.17) is 4.74 Å². The number of carbonyl (C=O) groups excluding carboxylic acids is 2. The molecule has 3 nitrogen and oxygen atoms in total. The molecule has 0 aromatic rings. The quantitative estimate of drug-likeness (QED) is 0.192. The van der Waals surface area contributed by atoms with E-state index in [1.807, 2.05) is 0 Å². The number of ketones is 1.